The van der Waals surface area contributed by atoms with Gasteiger partial charge in [0, 0.05) is 38.3 Å². The lowest BCUT2D eigenvalue weighted by Crippen LogP contribution is -2.45. The molecule has 0 radical (unpaired) electrons. The fourth-order valence-corrected chi connectivity index (χ4v) is 3.20. The number of para-hydroxylation sites is 1. The van der Waals surface area contributed by atoms with Crippen molar-refractivity contribution in [3.63, 3.8) is 0 Å². The van der Waals surface area contributed by atoms with Crippen molar-refractivity contribution in [2.75, 3.05) is 47.5 Å². The molecule has 1 aromatic rings. The van der Waals surface area contributed by atoms with Crippen LogP contribution in [0.4, 0.5) is 0 Å². The molecule has 1 atom stereocenters. The van der Waals surface area contributed by atoms with Crippen molar-refractivity contribution in [2.45, 2.75) is 31.8 Å². The standard InChI is InChI=1S/C18H30N2O2/c1-19-11-7-6-9-17(19)15-20(12-13-21-2)14-16-8-4-5-10-18(16)22-3/h4-5,8,10,17H,6-7,9,11-15H2,1-3H3/t17-/m1/s1. The minimum atomic E-state index is 0.653. The number of nitrogens with zero attached hydrogens (tertiary/aromatic N) is 2. The fraction of sp³-hybridized carbons (Fsp3) is 0.667. The lowest BCUT2D eigenvalue weighted by Gasteiger charge is -2.36. The van der Waals surface area contributed by atoms with Crippen LogP contribution in [0.5, 0.6) is 5.75 Å². The monoisotopic (exact) mass is 306 g/mol. The predicted octanol–water partition coefficient (Wildman–Crippen LogP) is 2.63. The molecule has 4 nitrogen and oxygen atoms in total. The zero-order valence-corrected chi connectivity index (χ0v) is 14.3. The van der Waals surface area contributed by atoms with Gasteiger partial charge in [0.2, 0.25) is 0 Å². The Morgan fingerprint density at radius 1 is 1.23 bits per heavy atom. The maximum Gasteiger partial charge on any atom is 0.123 e. The molecule has 22 heavy (non-hydrogen) atoms. The van der Waals surface area contributed by atoms with E-state index in [4.69, 9.17) is 9.47 Å². The van der Waals surface area contributed by atoms with Crippen LogP contribution >= 0.6 is 0 Å². The lowest BCUT2D eigenvalue weighted by molar-refractivity contribution is 0.0966. The summed E-state index contributed by atoms with van der Waals surface area (Å²) in [7, 11) is 5.77. The summed E-state index contributed by atoms with van der Waals surface area (Å²) in [6.45, 7) is 4.96. The first-order valence-electron chi connectivity index (χ1n) is 8.28. The van der Waals surface area contributed by atoms with Crippen molar-refractivity contribution < 1.29 is 9.47 Å². The number of benzene rings is 1. The van der Waals surface area contributed by atoms with Gasteiger partial charge in [-0.2, -0.15) is 0 Å². The molecule has 1 aliphatic heterocycles. The molecule has 0 spiro atoms. The number of rotatable bonds is 8. The Bertz CT molecular complexity index is 439. The van der Waals surface area contributed by atoms with Gasteiger partial charge in [-0.25, -0.2) is 0 Å². The number of likely N-dealkylation sites (N-methyl/N-ethyl adjacent to an activating group) is 1. The smallest absolute Gasteiger partial charge is 0.123 e. The predicted molar refractivity (Wildman–Crippen MR) is 90.4 cm³/mol. The molecule has 0 amide bonds. The molecule has 1 fully saturated rings. The highest BCUT2D eigenvalue weighted by Crippen LogP contribution is 2.21. The topological polar surface area (TPSA) is 24.9 Å². The van der Waals surface area contributed by atoms with E-state index < -0.39 is 0 Å². The Labute approximate surface area is 135 Å². The molecule has 0 unspecified atom stereocenters. The summed E-state index contributed by atoms with van der Waals surface area (Å²) in [4.78, 5) is 5.00. The van der Waals surface area contributed by atoms with Gasteiger partial charge in [-0.1, -0.05) is 24.6 Å². The van der Waals surface area contributed by atoms with E-state index in [1.54, 1.807) is 14.2 Å². The maximum absolute atomic E-state index is 5.49. The van der Waals surface area contributed by atoms with E-state index in [-0.39, 0.29) is 0 Å². The largest absolute Gasteiger partial charge is 0.496 e. The SMILES string of the molecule is COCCN(Cc1ccccc1OC)C[C@H]1CCCCN1C. The zero-order valence-electron chi connectivity index (χ0n) is 14.3. The van der Waals surface area contributed by atoms with Crippen LogP contribution in [-0.2, 0) is 11.3 Å². The van der Waals surface area contributed by atoms with Crippen molar-refractivity contribution in [1.82, 2.24) is 9.80 Å². The van der Waals surface area contributed by atoms with Crippen LogP contribution in [0.1, 0.15) is 24.8 Å². The summed E-state index contributed by atoms with van der Waals surface area (Å²) in [6.07, 6.45) is 3.98. The van der Waals surface area contributed by atoms with Crippen molar-refractivity contribution in [1.29, 1.82) is 0 Å². The minimum Gasteiger partial charge on any atom is -0.496 e. The van der Waals surface area contributed by atoms with E-state index in [1.165, 1.54) is 31.4 Å². The van der Waals surface area contributed by atoms with E-state index in [2.05, 4.69) is 29.0 Å². The number of hydrogen-bond donors (Lipinski definition) is 0. The summed E-state index contributed by atoms with van der Waals surface area (Å²) in [5, 5.41) is 0. The van der Waals surface area contributed by atoms with Crippen LogP contribution in [0.2, 0.25) is 0 Å². The Morgan fingerprint density at radius 2 is 2.05 bits per heavy atom. The van der Waals surface area contributed by atoms with E-state index in [9.17, 15) is 0 Å². The van der Waals surface area contributed by atoms with Crippen molar-refractivity contribution in [3.8, 4) is 5.75 Å². The molecule has 4 heteroatoms. The maximum atomic E-state index is 5.49. The van der Waals surface area contributed by atoms with Crippen LogP contribution in [0, 0.1) is 0 Å². The van der Waals surface area contributed by atoms with Crippen molar-refractivity contribution in [2.24, 2.45) is 0 Å². The van der Waals surface area contributed by atoms with Gasteiger partial charge in [-0.3, -0.25) is 4.90 Å². The highest BCUT2D eigenvalue weighted by Gasteiger charge is 2.22. The van der Waals surface area contributed by atoms with Crippen LogP contribution < -0.4 is 4.74 Å². The molecule has 2 rings (SSSR count). The molecule has 1 saturated heterocycles. The first-order valence-corrected chi connectivity index (χ1v) is 8.28. The molecule has 0 N–H and O–H groups in total. The highest BCUT2D eigenvalue weighted by molar-refractivity contribution is 5.33. The average Bonchev–Trinajstić information content (AvgIpc) is 2.55. The van der Waals surface area contributed by atoms with Gasteiger partial charge in [0.05, 0.1) is 13.7 Å². The third-order valence-corrected chi connectivity index (χ3v) is 4.59. The second-order valence-corrected chi connectivity index (χ2v) is 6.17. The molecule has 0 saturated carbocycles. The zero-order chi connectivity index (χ0) is 15.8. The van der Waals surface area contributed by atoms with Crippen LogP contribution in [0.25, 0.3) is 0 Å². The van der Waals surface area contributed by atoms with Gasteiger partial charge in [-0.15, -0.1) is 0 Å². The van der Waals surface area contributed by atoms with Gasteiger partial charge in [0.25, 0.3) is 0 Å². The van der Waals surface area contributed by atoms with Crippen LogP contribution in [0.3, 0.4) is 0 Å². The Balaban J connectivity index is 2.01. The number of likely N-dealkylation sites (tertiary alicyclic amines) is 1. The van der Waals surface area contributed by atoms with E-state index >= 15 is 0 Å². The number of hydrogen-bond acceptors (Lipinski definition) is 4. The summed E-state index contributed by atoms with van der Waals surface area (Å²) in [5.41, 5.74) is 1.25. The van der Waals surface area contributed by atoms with Gasteiger partial charge in [0.1, 0.15) is 5.75 Å². The quantitative estimate of drug-likeness (QED) is 0.737. The number of piperidine rings is 1. The molecule has 0 aromatic heterocycles. The van der Waals surface area contributed by atoms with Gasteiger partial charge < -0.3 is 14.4 Å². The summed E-state index contributed by atoms with van der Waals surface area (Å²) < 4.78 is 10.8. The Hall–Kier alpha value is -1.10. The molecule has 1 aromatic carbocycles. The Kier molecular flexibility index (Phi) is 7.16. The minimum absolute atomic E-state index is 0.653. The molecular formula is C18H30N2O2. The molecule has 0 aliphatic carbocycles. The molecule has 124 valence electrons. The van der Waals surface area contributed by atoms with Gasteiger partial charge >= 0.3 is 0 Å². The first-order chi connectivity index (χ1) is 10.7. The van der Waals surface area contributed by atoms with Crippen molar-refractivity contribution in [3.05, 3.63) is 29.8 Å². The van der Waals surface area contributed by atoms with E-state index in [0.29, 0.717) is 6.04 Å². The molecular weight excluding hydrogens is 276 g/mol. The number of methoxy groups -OCH3 is 2. The summed E-state index contributed by atoms with van der Waals surface area (Å²) >= 11 is 0. The highest BCUT2D eigenvalue weighted by atomic mass is 16.5. The van der Waals surface area contributed by atoms with Crippen LogP contribution in [0.15, 0.2) is 24.3 Å². The summed E-state index contributed by atoms with van der Waals surface area (Å²) in [5.74, 6) is 0.974. The Morgan fingerprint density at radius 3 is 2.77 bits per heavy atom. The van der Waals surface area contributed by atoms with Crippen LogP contribution in [-0.4, -0.2) is 63.4 Å². The summed E-state index contributed by atoms with van der Waals surface area (Å²) in [6, 6.07) is 8.95. The van der Waals surface area contributed by atoms with Gasteiger partial charge in [-0.05, 0) is 32.5 Å². The molecule has 0 bridgehead atoms. The van der Waals surface area contributed by atoms with Gasteiger partial charge in [0.15, 0.2) is 0 Å². The second-order valence-electron chi connectivity index (χ2n) is 6.17. The fourth-order valence-electron chi connectivity index (χ4n) is 3.20. The third-order valence-electron chi connectivity index (χ3n) is 4.59. The third kappa shape index (κ3) is 4.97. The average molecular weight is 306 g/mol. The lowest BCUT2D eigenvalue weighted by atomic mass is 10.0. The van der Waals surface area contributed by atoms with Crippen molar-refractivity contribution >= 4 is 0 Å². The molecule has 1 aliphatic rings. The molecule has 1 heterocycles. The van der Waals surface area contributed by atoms with E-state index in [0.717, 1.165) is 32.0 Å². The second kappa shape index (κ2) is 9.13. The van der Waals surface area contributed by atoms with E-state index in [1.807, 2.05) is 12.1 Å². The first kappa shape index (κ1) is 17.3. The number of ether oxygens (including phenoxy) is 2. The normalized spacial score (nSPS) is 19.5.